The van der Waals surface area contributed by atoms with E-state index in [1.165, 1.54) is 0 Å². The summed E-state index contributed by atoms with van der Waals surface area (Å²) in [6.07, 6.45) is 4.42. The van der Waals surface area contributed by atoms with E-state index in [1.54, 1.807) is 4.68 Å². The molecule has 1 aromatic rings. The second kappa shape index (κ2) is 9.15. The van der Waals surface area contributed by atoms with E-state index in [-0.39, 0.29) is 12.3 Å². The third-order valence-corrected chi connectivity index (χ3v) is 3.33. The lowest BCUT2D eigenvalue weighted by Crippen LogP contribution is -2.27. The predicted molar refractivity (Wildman–Crippen MR) is 80.3 cm³/mol. The standard InChI is InChI=1S/C15H25N3O3/c1-3-12-11-13(18(4-2)17-12)15(21)16-10-8-6-5-7-9-14(19)20/h11H,3-10H2,1-2H3,(H,16,21)(H,19,20). The van der Waals surface area contributed by atoms with E-state index in [4.69, 9.17) is 5.11 Å². The van der Waals surface area contributed by atoms with Crippen LogP contribution >= 0.6 is 0 Å². The fraction of sp³-hybridized carbons (Fsp3) is 0.667. The van der Waals surface area contributed by atoms with Crippen molar-refractivity contribution in [3.05, 3.63) is 17.5 Å². The van der Waals surface area contributed by atoms with Crippen LogP contribution in [0.4, 0.5) is 0 Å². The molecule has 0 radical (unpaired) electrons. The molecule has 0 saturated heterocycles. The summed E-state index contributed by atoms with van der Waals surface area (Å²) in [5, 5.41) is 15.8. The van der Waals surface area contributed by atoms with Crippen molar-refractivity contribution in [3.8, 4) is 0 Å². The molecule has 0 bridgehead atoms. The van der Waals surface area contributed by atoms with Crippen molar-refractivity contribution in [2.24, 2.45) is 0 Å². The first-order valence-corrected chi connectivity index (χ1v) is 7.65. The minimum atomic E-state index is -0.747. The van der Waals surface area contributed by atoms with Crippen LogP contribution in [-0.4, -0.2) is 33.3 Å². The second-order valence-corrected chi connectivity index (χ2v) is 5.00. The minimum Gasteiger partial charge on any atom is -0.481 e. The molecule has 0 spiro atoms. The van der Waals surface area contributed by atoms with Gasteiger partial charge in [0.15, 0.2) is 0 Å². The number of hydrogen-bond acceptors (Lipinski definition) is 3. The Morgan fingerprint density at radius 1 is 1.24 bits per heavy atom. The molecule has 2 N–H and O–H groups in total. The van der Waals surface area contributed by atoms with Crippen molar-refractivity contribution in [3.63, 3.8) is 0 Å². The van der Waals surface area contributed by atoms with Gasteiger partial charge in [0.25, 0.3) is 5.91 Å². The highest BCUT2D eigenvalue weighted by atomic mass is 16.4. The zero-order chi connectivity index (χ0) is 15.7. The molecular formula is C15H25N3O3. The third-order valence-electron chi connectivity index (χ3n) is 3.33. The average molecular weight is 295 g/mol. The highest BCUT2D eigenvalue weighted by Gasteiger charge is 2.13. The number of aromatic nitrogens is 2. The number of nitrogens with one attached hydrogen (secondary N) is 1. The molecule has 118 valence electrons. The van der Waals surface area contributed by atoms with Gasteiger partial charge in [-0.2, -0.15) is 5.10 Å². The van der Waals surface area contributed by atoms with Crippen molar-refractivity contribution >= 4 is 11.9 Å². The maximum atomic E-state index is 12.1. The maximum Gasteiger partial charge on any atom is 0.303 e. The number of hydrogen-bond donors (Lipinski definition) is 2. The van der Waals surface area contributed by atoms with Crippen molar-refractivity contribution in [1.82, 2.24) is 15.1 Å². The Labute approximate surface area is 125 Å². The molecule has 1 heterocycles. The van der Waals surface area contributed by atoms with Crippen LogP contribution in [0, 0.1) is 0 Å². The summed E-state index contributed by atoms with van der Waals surface area (Å²) in [5.74, 6) is -0.836. The fourth-order valence-corrected chi connectivity index (χ4v) is 2.11. The first-order valence-electron chi connectivity index (χ1n) is 7.65. The van der Waals surface area contributed by atoms with Crippen LogP contribution in [0.1, 0.15) is 62.1 Å². The molecule has 1 amide bonds. The van der Waals surface area contributed by atoms with Crippen molar-refractivity contribution in [2.45, 2.75) is 58.9 Å². The lowest BCUT2D eigenvalue weighted by atomic mass is 10.1. The van der Waals surface area contributed by atoms with E-state index in [0.29, 0.717) is 25.2 Å². The zero-order valence-electron chi connectivity index (χ0n) is 12.9. The Kier molecular flexibility index (Phi) is 7.50. The van der Waals surface area contributed by atoms with E-state index in [1.807, 2.05) is 19.9 Å². The van der Waals surface area contributed by atoms with Crippen LogP contribution in [0.15, 0.2) is 6.07 Å². The maximum absolute atomic E-state index is 12.1. The van der Waals surface area contributed by atoms with E-state index in [9.17, 15) is 9.59 Å². The molecule has 6 nitrogen and oxygen atoms in total. The van der Waals surface area contributed by atoms with E-state index < -0.39 is 5.97 Å². The molecule has 21 heavy (non-hydrogen) atoms. The highest BCUT2D eigenvalue weighted by Crippen LogP contribution is 2.06. The SMILES string of the molecule is CCc1cc(C(=O)NCCCCCCC(=O)O)n(CC)n1. The Balaban J connectivity index is 2.27. The molecule has 0 saturated carbocycles. The second-order valence-electron chi connectivity index (χ2n) is 5.00. The largest absolute Gasteiger partial charge is 0.481 e. The average Bonchev–Trinajstić information content (AvgIpc) is 2.89. The van der Waals surface area contributed by atoms with Gasteiger partial charge in [-0.1, -0.05) is 19.8 Å². The summed E-state index contributed by atoms with van der Waals surface area (Å²) < 4.78 is 1.72. The molecule has 0 aliphatic heterocycles. The summed E-state index contributed by atoms with van der Waals surface area (Å²) in [6, 6.07) is 1.84. The number of amides is 1. The molecule has 0 aliphatic rings. The minimum absolute atomic E-state index is 0.0883. The first kappa shape index (κ1) is 17.2. The Bertz CT molecular complexity index is 469. The third kappa shape index (κ3) is 5.97. The summed E-state index contributed by atoms with van der Waals surface area (Å²) in [7, 11) is 0. The van der Waals surface area contributed by atoms with Crippen LogP contribution in [0.3, 0.4) is 0 Å². The van der Waals surface area contributed by atoms with Gasteiger partial charge in [0.05, 0.1) is 5.69 Å². The van der Waals surface area contributed by atoms with Gasteiger partial charge in [0, 0.05) is 19.5 Å². The topological polar surface area (TPSA) is 84.2 Å². The number of rotatable bonds is 10. The van der Waals surface area contributed by atoms with Crippen LogP contribution in [0.25, 0.3) is 0 Å². The van der Waals surface area contributed by atoms with Gasteiger partial charge >= 0.3 is 5.97 Å². The molecule has 1 rings (SSSR count). The van der Waals surface area contributed by atoms with Gasteiger partial charge < -0.3 is 10.4 Å². The molecule has 0 unspecified atom stereocenters. The highest BCUT2D eigenvalue weighted by molar-refractivity contribution is 5.92. The number of carboxylic acid groups (broad SMARTS) is 1. The Hall–Kier alpha value is -1.85. The monoisotopic (exact) mass is 295 g/mol. The van der Waals surface area contributed by atoms with E-state index >= 15 is 0 Å². The summed E-state index contributed by atoms with van der Waals surface area (Å²) in [5.41, 5.74) is 1.54. The smallest absolute Gasteiger partial charge is 0.303 e. The number of carbonyl (C=O) groups excluding carboxylic acids is 1. The fourth-order valence-electron chi connectivity index (χ4n) is 2.11. The Morgan fingerprint density at radius 3 is 2.57 bits per heavy atom. The number of nitrogens with zero attached hydrogens (tertiary/aromatic N) is 2. The van der Waals surface area contributed by atoms with Crippen LogP contribution < -0.4 is 5.32 Å². The van der Waals surface area contributed by atoms with Crippen molar-refractivity contribution < 1.29 is 14.7 Å². The number of aliphatic carboxylic acids is 1. The van der Waals surface area contributed by atoms with Gasteiger partial charge in [-0.05, 0) is 32.3 Å². The van der Waals surface area contributed by atoms with Crippen molar-refractivity contribution in [2.75, 3.05) is 6.54 Å². The molecule has 0 aliphatic carbocycles. The summed E-state index contributed by atoms with van der Waals surface area (Å²) in [6.45, 7) is 5.27. The molecular weight excluding hydrogens is 270 g/mol. The number of unbranched alkanes of at least 4 members (excludes halogenated alkanes) is 3. The van der Waals surface area contributed by atoms with Gasteiger partial charge in [-0.3, -0.25) is 14.3 Å². The summed E-state index contributed by atoms with van der Waals surface area (Å²) in [4.78, 5) is 22.4. The lowest BCUT2D eigenvalue weighted by Gasteiger charge is -2.06. The van der Waals surface area contributed by atoms with Gasteiger partial charge in [-0.15, -0.1) is 0 Å². The van der Waals surface area contributed by atoms with Gasteiger partial charge in [0.2, 0.25) is 0 Å². The molecule has 1 aromatic heterocycles. The van der Waals surface area contributed by atoms with Gasteiger partial charge in [0.1, 0.15) is 5.69 Å². The van der Waals surface area contributed by atoms with Crippen LogP contribution in [-0.2, 0) is 17.8 Å². The lowest BCUT2D eigenvalue weighted by molar-refractivity contribution is -0.137. The molecule has 0 fully saturated rings. The van der Waals surface area contributed by atoms with E-state index in [0.717, 1.165) is 31.4 Å². The Morgan fingerprint density at radius 2 is 1.95 bits per heavy atom. The number of carboxylic acids is 1. The zero-order valence-corrected chi connectivity index (χ0v) is 12.9. The first-order chi connectivity index (χ1) is 10.1. The van der Waals surface area contributed by atoms with Gasteiger partial charge in [-0.25, -0.2) is 0 Å². The molecule has 0 atom stereocenters. The quantitative estimate of drug-likeness (QED) is 0.648. The normalized spacial score (nSPS) is 10.6. The van der Waals surface area contributed by atoms with E-state index in [2.05, 4.69) is 10.4 Å². The summed E-state index contributed by atoms with van der Waals surface area (Å²) >= 11 is 0. The number of aryl methyl sites for hydroxylation is 2. The van der Waals surface area contributed by atoms with Crippen LogP contribution in [0.2, 0.25) is 0 Å². The predicted octanol–water partition coefficient (Wildman–Crippen LogP) is 2.23. The number of carbonyl (C=O) groups is 2. The molecule has 6 heteroatoms. The molecule has 0 aromatic carbocycles. The van der Waals surface area contributed by atoms with Crippen LogP contribution in [0.5, 0.6) is 0 Å². The van der Waals surface area contributed by atoms with Crippen molar-refractivity contribution in [1.29, 1.82) is 0 Å².